The third-order valence-corrected chi connectivity index (χ3v) is 3.77. The van der Waals surface area contributed by atoms with Gasteiger partial charge >= 0.3 is 0 Å². The molecule has 0 atom stereocenters. The molecule has 1 aliphatic rings. The highest BCUT2D eigenvalue weighted by molar-refractivity contribution is 5.84. The predicted octanol–water partition coefficient (Wildman–Crippen LogP) is 2.77. The number of carbonyl (C=O) groups is 1. The largest absolute Gasteiger partial charge is 0.361 e. The normalized spacial score (nSPS) is 15.6. The van der Waals surface area contributed by atoms with E-state index in [1.165, 1.54) is 17.4 Å². The number of hydrogen-bond donors (Lipinski definition) is 2. The van der Waals surface area contributed by atoms with Crippen molar-refractivity contribution in [3.8, 4) is 0 Å². The number of carbonyl (C=O) groups excluding carboxylic acids is 1. The molecule has 3 nitrogen and oxygen atoms in total. The van der Waals surface area contributed by atoms with Crippen molar-refractivity contribution in [1.29, 1.82) is 0 Å². The molecule has 0 spiro atoms. The molecule has 1 heterocycles. The standard InChI is InChI=1S/C15H18N2O/c18-15(17-12-4-3-5-12)9-8-11-10-16-14-7-2-1-6-13(11)14/h1-2,6-7,10,12,16H,3-5,8-9H2,(H,17,18). The molecule has 18 heavy (non-hydrogen) atoms. The number of benzene rings is 1. The topological polar surface area (TPSA) is 44.9 Å². The summed E-state index contributed by atoms with van der Waals surface area (Å²) >= 11 is 0. The molecule has 1 aromatic heterocycles. The van der Waals surface area contributed by atoms with Crippen molar-refractivity contribution in [1.82, 2.24) is 10.3 Å². The van der Waals surface area contributed by atoms with E-state index in [1.54, 1.807) is 0 Å². The molecule has 3 rings (SSSR count). The third kappa shape index (κ3) is 2.26. The van der Waals surface area contributed by atoms with Crippen molar-refractivity contribution in [3.05, 3.63) is 36.0 Å². The van der Waals surface area contributed by atoms with Crippen molar-refractivity contribution in [2.75, 3.05) is 0 Å². The van der Waals surface area contributed by atoms with Crippen LogP contribution in [0.2, 0.25) is 0 Å². The van der Waals surface area contributed by atoms with Crippen molar-refractivity contribution < 1.29 is 4.79 Å². The lowest BCUT2D eigenvalue weighted by Gasteiger charge is -2.26. The van der Waals surface area contributed by atoms with Crippen LogP contribution in [0.4, 0.5) is 0 Å². The first-order chi connectivity index (χ1) is 8.83. The van der Waals surface area contributed by atoms with Crippen molar-refractivity contribution >= 4 is 16.8 Å². The molecule has 2 aromatic rings. The van der Waals surface area contributed by atoms with Gasteiger partial charge in [-0.15, -0.1) is 0 Å². The second-order valence-corrected chi connectivity index (χ2v) is 5.05. The zero-order valence-electron chi connectivity index (χ0n) is 10.4. The molecule has 1 aromatic carbocycles. The molecule has 0 unspecified atom stereocenters. The van der Waals surface area contributed by atoms with Gasteiger partial charge in [-0.3, -0.25) is 4.79 Å². The zero-order valence-corrected chi connectivity index (χ0v) is 10.4. The molecular formula is C15H18N2O. The highest BCUT2D eigenvalue weighted by atomic mass is 16.1. The predicted molar refractivity (Wildman–Crippen MR) is 72.4 cm³/mol. The van der Waals surface area contributed by atoms with E-state index in [2.05, 4.69) is 22.4 Å². The van der Waals surface area contributed by atoms with Crippen LogP contribution in [0.25, 0.3) is 10.9 Å². The van der Waals surface area contributed by atoms with E-state index in [-0.39, 0.29) is 5.91 Å². The van der Waals surface area contributed by atoms with Crippen LogP contribution in [-0.4, -0.2) is 16.9 Å². The molecule has 1 aliphatic carbocycles. The number of rotatable bonds is 4. The Labute approximate surface area is 107 Å². The third-order valence-electron chi connectivity index (χ3n) is 3.77. The van der Waals surface area contributed by atoms with Crippen molar-refractivity contribution in [2.45, 2.75) is 38.1 Å². The van der Waals surface area contributed by atoms with Gasteiger partial charge in [0.05, 0.1) is 0 Å². The minimum atomic E-state index is 0.185. The van der Waals surface area contributed by atoms with Gasteiger partial charge in [-0.2, -0.15) is 0 Å². The van der Waals surface area contributed by atoms with E-state index in [9.17, 15) is 4.79 Å². The Bertz CT molecular complexity index is 554. The van der Waals surface area contributed by atoms with Crippen LogP contribution in [0.3, 0.4) is 0 Å². The Balaban J connectivity index is 1.60. The summed E-state index contributed by atoms with van der Waals surface area (Å²) < 4.78 is 0. The lowest BCUT2D eigenvalue weighted by molar-refractivity contribution is -0.122. The minimum Gasteiger partial charge on any atom is -0.361 e. The average molecular weight is 242 g/mol. The highest BCUT2D eigenvalue weighted by Crippen LogP contribution is 2.20. The van der Waals surface area contributed by atoms with E-state index in [4.69, 9.17) is 0 Å². The Kier molecular flexibility index (Phi) is 3.05. The SMILES string of the molecule is O=C(CCc1c[nH]c2ccccc12)NC1CCC1. The summed E-state index contributed by atoms with van der Waals surface area (Å²) in [5.41, 5.74) is 2.38. The molecule has 1 amide bonds. The molecule has 1 saturated carbocycles. The fourth-order valence-corrected chi connectivity index (χ4v) is 2.44. The van der Waals surface area contributed by atoms with Gasteiger partial charge in [0.15, 0.2) is 0 Å². The number of amides is 1. The maximum Gasteiger partial charge on any atom is 0.220 e. The molecule has 3 heteroatoms. The summed E-state index contributed by atoms with van der Waals surface area (Å²) in [7, 11) is 0. The van der Waals surface area contributed by atoms with Crippen molar-refractivity contribution in [3.63, 3.8) is 0 Å². The summed E-state index contributed by atoms with van der Waals surface area (Å²) in [4.78, 5) is 15.0. The number of para-hydroxylation sites is 1. The number of fused-ring (bicyclic) bond motifs is 1. The first kappa shape index (κ1) is 11.3. The van der Waals surface area contributed by atoms with E-state index < -0.39 is 0 Å². The van der Waals surface area contributed by atoms with Crippen LogP contribution < -0.4 is 5.32 Å². The van der Waals surface area contributed by atoms with Gasteiger partial charge in [0.1, 0.15) is 0 Å². The number of H-pyrrole nitrogens is 1. The van der Waals surface area contributed by atoms with Crippen LogP contribution in [0.15, 0.2) is 30.5 Å². The highest BCUT2D eigenvalue weighted by Gasteiger charge is 2.19. The van der Waals surface area contributed by atoms with Gasteiger partial charge in [-0.25, -0.2) is 0 Å². The van der Waals surface area contributed by atoms with Crippen LogP contribution >= 0.6 is 0 Å². The molecule has 1 fully saturated rings. The molecule has 94 valence electrons. The van der Waals surface area contributed by atoms with E-state index in [1.807, 2.05) is 18.3 Å². The molecule has 0 radical (unpaired) electrons. The fourth-order valence-electron chi connectivity index (χ4n) is 2.44. The van der Waals surface area contributed by atoms with E-state index >= 15 is 0 Å². The van der Waals surface area contributed by atoms with Gasteiger partial charge < -0.3 is 10.3 Å². The summed E-state index contributed by atoms with van der Waals surface area (Å²) in [5.74, 6) is 0.185. The first-order valence-electron chi connectivity index (χ1n) is 6.67. The summed E-state index contributed by atoms with van der Waals surface area (Å²) in [6, 6.07) is 8.67. The Morgan fingerprint density at radius 3 is 2.94 bits per heavy atom. The van der Waals surface area contributed by atoms with Gasteiger partial charge in [-0.05, 0) is 37.3 Å². The second-order valence-electron chi connectivity index (χ2n) is 5.05. The monoisotopic (exact) mass is 242 g/mol. The number of aromatic nitrogens is 1. The quantitative estimate of drug-likeness (QED) is 0.850. The number of aryl methyl sites for hydroxylation is 1. The maximum atomic E-state index is 11.8. The number of hydrogen-bond acceptors (Lipinski definition) is 1. The van der Waals surface area contributed by atoms with Gasteiger partial charge in [0, 0.05) is 29.6 Å². The van der Waals surface area contributed by atoms with Crippen LogP contribution in [-0.2, 0) is 11.2 Å². The summed E-state index contributed by atoms with van der Waals surface area (Å²) in [5, 5.41) is 4.31. The Morgan fingerprint density at radius 2 is 2.17 bits per heavy atom. The second kappa shape index (κ2) is 4.84. The fraction of sp³-hybridized carbons (Fsp3) is 0.400. The van der Waals surface area contributed by atoms with Crippen LogP contribution in [0.5, 0.6) is 0 Å². The summed E-state index contributed by atoms with van der Waals surface area (Å²) in [6.45, 7) is 0. The lowest BCUT2D eigenvalue weighted by atomic mass is 9.93. The van der Waals surface area contributed by atoms with Crippen LogP contribution in [0.1, 0.15) is 31.2 Å². The maximum absolute atomic E-state index is 11.8. The average Bonchev–Trinajstić information content (AvgIpc) is 2.75. The van der Waals surface area contributed by atoms with Gasteiger partial charge in [0.25, 0.3) is 0 Å². The lowest BCUT2D eigenvalue weighted by Crippen LogP contribution is -2.39. The summed E-state index contributed by atoms with van der Waals surface area (Å²) in [6.07, 6.45) is 6.97. The molecular weight excluding hydrogens is 224 g/mol. The van der Waals surface area contributed by atoms with Gasteiger partial charge in [-0.1, -0.05) is 18.2 Å². The molecule has 0 bridgehead atoms. The number of nitrogens with one attached hydrogen (secondary N) is 2. The minimum absolute atomic E-state index is 0.185. The smallest absolute Gasteiger partial charge is 0.220 e. The van der Waals surface area contributed by atoms with Crippen LogP contribution in [0, 0.1) is 0 Å². The van der Waals surface area contributed by atoms with Crippen molar-refractivity contribution in [2.24, 2.45) is 0 Å². The molecule has 2 N–H and O–H groups in total. The van der Waals surface area contributed by atoms with E-state index in [0.717, 1.165) is 24.8 Å². The Hall–Kier alpha value is -1.77. The van der Waals surface area contributed by atoms with Gasteiger partial charge in [0.2, 0.25) is 5.91 Å². The Morgan fingerprint density at radius 1 is 1.33 bits per heavy atom. The first-order valence-corrected chi connectivity index (χ1v) is 6.67. The zero-order chi connectivity index (χ0) is 12.4. The van der Waals surface area contributed by atoms with E-state index in [0.29, 0.717) is 12.5 Å². The molecule has 0 aliphatic heterocycles. The molecule has 0 saturated heterocycles. The number of aromatic amines is 1.